The molecular weight excluding hydrogens is 382 g/mol. The van der Waals surface area contributed by atoms with Crippen molar-refractivity contribution >= 4 is 27.5 Å². The van der Waals surface area contributed by atoms with Crippen LogP contribution in [0.15, 0.2) is 52.4 Å². The number of aromatic nitrogens is 2. The molecule has 150 valence electrons. The molecule has 0 fully saturated rings. The Balaban J connectivity index is 1.49. The molecule has 29 heavy (non-hydrogen) atoms. The third-order valence-corrected chi connectivity index (χ3v) is 6.28. The van der Waals surface area contributed by atoms with E-state index in [9.17, 15) is 9.59 Å². The highest BCUT2D eigenvalue weighted by Crippen LogP contribution is 2.30. The van der Waals surface area contributed by atoms with Crippen LogP contribution < -0.4 is 10.9 Å². The first kappa shape index (κ1) is 19.6. The maximum absolute atomic E-state index is 13.0. The van der Waals surface area contributed by atoms with Crippen LogP contribution in [-0.2, 0) is 11.3 Å². The van der Waals surface area contributed by atoms with Crippen LogP contribution in [0.3, 0.4) is 0 Å². The highest BCUT2D eigenvalue weighted by molar-refractivity contribution is 7.17. The summed E-state index contributed by atoms with van der Waals surface area (Å²) in [6, 6.07) is 8.09. The average molecular weight is 408 g/mol. The number of hydrogen-bond donors (Lipinski definition) is 1. The Morgan fingerprint density at radius 2 is 2.07 bits per heavy atom. The van der Waals surface area contributed by atoms with Gasteiger partial charge in [0, 0.05) is 17.5 Å². The molecule has 1 aromatic carbocycles. The summed E-state index contributed by atoms with van der Waals surface area (Å²) in [6.07, 6.45) is 9.45. The zero-order valence-electron chi connectivity index (χ0n) is 16.6. The van der Waals surface area contributed by atoms with Crippen LogP contribution in [0.25, 0.3) is 21.3 Å². The van der Waals surface area contributed by atoms with Crippen molar-refractivity contribution in [3.63, 3.8) is 0 Å². The molecule has 2 aromatic heterocycles. The van der Waals surface area contributed by atoms with Gasteiger partial charge in [-0.25, -0.2) is 4.98 Å². The number of carbonyl (C=O) groups excluding carboxylic acids is 1. The second-order valence-corrected chi connectivity index (χ2v) is 8.44. The van der Waals surface area contributed by atoms with Crippen LogP contribution in [0.5, 0.6) is 0 Å². The first-order valence-electron chi connectivity index (χ1n) is 10.1. The zero-order chi connectivity index (χ0) is 20.2. The van der Waals surface area contributed by atoms with Crippen molar-refractivity contribution < 1.29 is 4.79 Å². The van der Waals surface area contributed by atoms with Crippen molar-refractivity contribution in [2.24, 2.45) is 0 Å². The Bertz CT molecular complexity index is 1110. The molecule has 1 N–H and O–H groups in total. The number of aryl methyl sites for hydroxylation is 1. The van der Waals surface area contributed by atoms with Crippen LogP contribution in [0, 0.1) is 6.92 Å². The molecule has 0 spiro atoms. The number of hydrogen-bond acceptors (Lipinski definition) is 4. The number of benzene rings is 1. The van der Waals surface area contributed by atoms with Crippen molar-refractivity contribution in [1.29, 1.82) is 0 Å². The summed E-state index contributed by atoms with van der Waals surface area (Å²) in [6.45, 7) is 2.64. The van der Waals surface area contributed by atoms with E-state index in [2.05, 4.69) is 16.4 Å². The van der Waals surface area contributed by atoms with Crippen LogP contribution in [-0.4, -0.2) is 22.0 Å². The van der Waals surface area contributed by atoms with E-state index in [1.54, 1.807) is 0 Å². The summed E-state index contributed by atoms with van der Waals surface area (Å²) in [5.74, 6) is -0.156. The van der Waals surface area contributed by atoms with Gasteiger partial charge in [0.25, 0.3) is 5.56 Å². The molecule has 1 amide bonds. The number of nitrogens with one attached hydrogen (secondary N) is 1. The molecule has 0 radical (unpaired) electrons. The van der Waals surface area contributed by atoms with E-state index >= 15 is 0 Å². The molecule has 1 aliphatic rings. The van der Waals surface area contributed by atoms with Gasteiger partial charge in [-0.1, -0.05) is 41.5 Å². The minimum Gasteiger partial charge on any atom is -0.354 e. The summed E-state index contributed by atoms with van der Waals surface area (Å²) < 4.78 is 1.40. The summed E-state index contributed by atoms with van der Waals surface area (Å²) in [4.78, 5) is 30.5. The Kier molecular flexibility index (Phi) is 5.90. The van der Waals surface area contributed by atoms with Crippen molar-refractivity contribution in [2.75, 3.05) is 6.54 Å². The molecule has 6 heteroatoms. The smallest absolute Gasteiger partial charge is 0.263 e. The fraction of sp³-hybridized carbons (Fsp3) is 0.348. The van der Waals surface area contributed by atoms with E-state index in [4.69, 9.17) is 0 Å². The largest absolute Gasteiger partial charge is 0.354 e. The minimum absolute atomic E-state index is 0.00992. The van der Waals surface area contributed by atoms with Gasteiger partial charge < -0.3 is 5.32 Å². The van der Waals surface area contributed by atoms with Gasteiger partial charge in [0.1, 0.15) is 11.4 Å². The monoisotopic (exact) mass is 407 g/mol. The maximum Gasteiger partial charge on any atom is 0.263 e. The molecule has 0 aliphatic heterocycles. The summed E-state index contributed by atoms with van der Waals surface area (Å²) >= 11 is 1.45. The molecule has 0 unspecified atom stereocenters. The number of fused-ring (bicyclic) bond motifs is 1. The van der Waals surface area contributed by atoms with Crippen LogP contribution >= 0.6 is 11.3 Å². The maximum atomic E-state index is 13.0. The van der Waals surface area contributed by atoms with E-state index in [1.165, 1.54) is 46.2 Å². The quantitative estimate of drug-likeness (QED) is 0.615. The molecular formula is C23H25N3O2S. The normalized spacial score (nSPS) is 14.0. The molecule has 0 bridgehead atoms. The molecule has 0 atom stereocenters. The topological polar surface area (TPSA) is 64.0 Å². The van der Waals surface area contributed by atoms with Crippen molar-refractivity contribution in [3.05, 3.63) is 63.5 Å². The molecule has 5 nitrogen and oxygen atoms in total. The number of thiophene rings is 1. The number of amides is 1. The Morgan fingerprint density at radius 3 is 2.83 bits per heavy atom. The lowest BCUT2D eigenvalue weighted by Crippen LogP contribution is -2.33. The van der Waals surface area contributed by atoms with Crippen molar-refractivity contribution in [2.45, 2.75) is 45.6 Å². The fourth-order valence-electron chi connectivity index (χ4n) is 3.73. The van der Waals surface area contributed by atoms with Crippen LogP contribution in [0.1, 0.15) is 37.7 Å². The predicted octanol–water partition coefficient (Wildman–Crippen LogP) is 4.44. The average Bonchev–Trinajstić information content (AvgIpc) is 3.16. The highest BCUT2D eigenvalue weighted by atomic mass is 32.1. The van der Waals surface area contributed by atoms with Gasteiger partial charge in [-0.05, 0) is 44.6 Å². The SMILES string of the molecule is Cc1ccc(-c2csc3ncn(CC(=O)NCCC4=CCCCC4)c(=O)c23)cc1. The summed E-state index contributed by atoms with van der Waals surface area (Å²) in [5.41, 5.74) is 4.30. The molecule has 3 aromatic rings. The van der Waals surface area contributed by atoms with Gasteiger partial charge in [0.05, 0.1) is 11.7 Å². The number of carbonyl (C=O) groups is 1. The molecule has 4 rings (SSSR count). The van der Waals surface area contributed by atoms with E-state index in [0.29, 0.717) is 16.8 Å². The third-order valence-electron chi connectivity index (χ3n) is 5.39. The summed E-state index contributed by atoms with van der Waals surface area (Å²) in [7, 11) is 0. The number of rotatable bonds is 6. The second kappa shape index (κ2) is 8.74. The van der Waals surface area contributed by atoms with Crippen LogP contribution in [0.2, 0.25) is 0 Å². The molecule has 2 heterocycles. The fourth-order valence-corrected chi connectivity index (χ4v) is 4.64. The Morgan fingerprint density at radius 1 is 1.24 bits per heavy atom. The number of allylic oxidation sites excluding steroid dienone is 1. The predicted molar refractivity (Wildman–Crippen MR) is 118 cm³/mol. The van der Waals surface area contributed by atoms with Gasteiger partial charge in [-0.3, -0.25) is 14.2 Å². The summed E-state index contributed by atoms with van der Waals surface area (Å²) in [5, 5.41) is 5.48. The Hall–Kier alpha value is -2.73. The first-order chi connectivity index (χ1) is 14.1. The van der Waals surface area contributed by atoms with Crippen molar-refractivity contribution in [1.82, 2.24) is 14.9 Å². The van der Waals surface area contributed by atoms with Gasteiger partial charge in [0.15, 0.2) is 0 Å². The van der Waals surface area contributed by atoms with Gasteiger partial charge in [0.2, 0.25) is 5.91 Å². The van der Waals surface area contributed by atoms with Gasteiger partial charge in [-0.2, -0.15) is 0 Å². The highest BCUT2D eigenvalue weighted by Gasteiger charge is 2.15. The minimum atomic E-state index is -0.169. The lowest BCUT2D eigenvalue weighted by molar-refractivity contribution is -0.121. The van der Waals surface area contributed by atoms with E-state index < -0.39 is 0 Å². The van der Waals surface area contributed by atoms with Gasteiger partial charge in [-0.15, -0.1) is 11.3 Å². The van der Waals surface area contributed by atoms with Crippen LogP contribution in [0.4, 0.5) is 0 Å². The van der Waals surface area contributed by atoms with Gasteiger partial charge >= 0.3 is 0 Å². The lowest BCUT2D eigenvalue weighted by atomic mass is 9.97. The molecule has 1 aliphatic carbocycles. The van der Waals surface area contributed by atoms with E-state index in [1.807, 2.05) is 36.6 Å². The first-order valence-corrected chi connectivity index (χ1v) is 11.0. The van der Waals surface area contributed by atoms with Crippen molar-refractivity contribution in [3.8, 4) is 11.1 Å². The second-order valence-electron chi connectivity index (χ2n) is 7.58. The standard InChI is InChI=1S/C23H25N3O2S/c1-16-7-9-18(10-8-16)19-14-29-22-21(19)23(28)26(15-25-22)13-20(27)24-12-11-17-5-3-2-4-6-17/h5,7-10,14-15H,2-4,6,11-13H2,1H3,(H,24,27). The Labute approximate surface area is 174 Å². The zero-order valence-corrected chi connectivity index (χ0v) is 17.4. The number of nitrogens with zero attached hydrogens (tertiary/aromatic N) is 2. The van der Waals surface area contributed by atoms with E-state index in [0.717, 1.165) is 30.4 Å². The van der Waals surface area contributed by atoms with E-state index in [-0.39, 0.29) is 18.0 Å². The third kappa shape index (κ3) is 4.48. The lowest BCUT2D eigenvalue weighted by Gasteiger charge is -2.13. The molecule has 0 saturated carbocycles. The molecule has 0 saturated heterocycles.